The molecule has 1 saturated heterocycles. The van der Waals surface area contributed by atoms with Gasteiger partial charge in [0.2, 0.25) is 0 Å². The van der Waals surface area contributed by atoms with Gasteiger partial charge in [-0.05, 0) is 77.1 Å². The third kappa shape index (κ3) is 5.02. The summed E-state index contributed by atoms with van der Waals surface area (Å²) in [6, 6.07) is 5.76. The number of hydrogen-bond acceptors (Lipinski definition) is 4. The van der Waals surface area contributed by atoms with E-state index in [1.165, 1.54) is 11.8 Å². The summed E-state index contributed by atoms with van der Waals surface area (Å²) in [5.74, 6) is 0.633. The highest BCUT2D eigenvalue weighted by atomic mass is 35.5. The molecule has 0 radical (unpaired) electrons. The molecule has 1 aromatic carbocycles. The zero-order chi connectivity index (χ0) is 18.7. The lowest BCUT2D eigenvalue weighted by molar-refractivity contribution is -0.123. The summed E-state index contributed by atoms with van der Waals surface area (Å²) in [6.45, 7) is 11.9. The monoisotopic (exact) mass is 380 g/mol. The van der Waals surface area contributed by atoms with E-state index in [-0.39, 0.29) is 24.1 Å². The number of benzene rings is 1. The molecule has 1 aliphatic rings. The highest BCUT2D eigenvalue weighted by Crippen LogP contribution is 2.35. The Kier molecular flexibility index (Phi) is 6.58. The molecule has 1 aromatic rings. The fourth-order valence-corrected chi connectivity index (χ4v) is 3.83. The van der Waals surface area contributed by atoms with Crippen LogP contribution in [-0.2, 0) is 4.79 Å². The van der Waals surface area contributed by atoms with E-state index in [2.05, 4.69) is 4.99 Å². The van der Waals surface area contributed by atoms with Crippen molar-refractivity contribution in [1.29, 1.82) is 0 Å². The van der Waals surface area contributed by atoms with E-state index < -0.39 is 0 Å². The Morgan fingerprint density at radius 2 is 1.88 bits per heavy atom. The first-order chi connectivity index (χ1) is 11.7. The van der Waals surface area contributed by atoms with Gasteiger partial charge >= 0.3 is 0 Å². The number of thioether (sulfide) groups is 1. The summed E-state index contributed by atoms with van der Waals surface area (Å²) in [6.07, 6.45) is 1.92. The molecular weight excluding hydrogens is 356 g/mol. The van der Waals surface area contributed by atoms with Crippen molar-refractivity contribution in [2.45, 2.75) is 59.7 Å². The number of hydrogen-bond donors (Lipinski definition) is 0. The van der Waals surface area contributed by atoms with Crippen LogP contribution in [0.2, 0.25) is 5.02 Å². The molecule has 0 saturated carbocycles. The van der Waals surface area contributed by atoms with Gasteiger partial charge in [-0.15, -0.1) is 0 Å². The normalized spacial score (nSPS) is 18.5. The zero-order valence-corrected chi connectivity index (χ0v) is 17.1. The van der Waals surface area contributed by atoms with Crippen LogP contribution in [0.1, 0.15) is 47.1 Å². The molecule has 0 N–H and O–H groups in total. The topological polar surface area (TPSA) is 41.9 Å². The standard InChI is InChI=1S/C19H25ClN2O2S/c1-11(2)21-19-22(12(3)4)18(23)17(25-19)10-14-7-8-16(15(20)9-14)24-13(5)6/h7-13H,1-6H3/b17-10+,21-19?. The van der Waals surface area contributed by atoms with Crippen molar-refractivity contribution in [3.05, 3.63) is 33.7 Å². The smallest absolute Gasteiger partial charge is 0.266 e. The summed E-state index contributed by atoms with van der Waals surface area (Å²) in [5.41, 5.74) is 0.867. The van der Waals surface area contributed by atoms with Gasteiger partial charge in [-0.25, -0.2) is 0 Å². The number of amides is 1. The van der Waals surface area contributed by atoms with Crippen LogP contribution in [-0.4, -0.2) is 34.2 Å². The number of ether oxygens (including phenoxy) is 1. The number of halogens is 1. The van der Waals surface area contributed by atoms with Crippen molar-refractivity contribution in [2.75, 3.05) is 0 Å². The van der Waals surface area contributed by atoms with E-state index in [0.29, 0.717) is 15.7 Å². The van der Waals surface area contributed by atoms with Crippen molar-refractivity contribution in [3.8, 4) is 5.75 Å². The maximum absolute atomic E-state index is 12.7. The summed E-state index contributed by atoms with van der Waals surface area (Å²) in [5, 5.41) is 1.29. The minimum atomic E-state index is -0.0157. The predicted octanol–water partition coefficient (Wildman–Crippen LogP) is 5.22. The summed E-state index contributed by atoms with van der Waals surface area (Å²) >= 11 is 7.70. The number of carbonyl (C=O) groups excluding carboxylic acids is 1. The minimum absolute atomic E-state index is 0.0157. The number of carbonyl (C=O) groups is 1. The Morgan fingerprint density at radius 3 is 2.40 bits per heavy atom. The maximum Gasteiger partial charge on any atom is 0.266 e. The summed E-state index contributed by atoms with van der Waals surface area (Å²) in [4.78, 5) is 19.7. The second kappa shape index (κ2) is 8.28. The maximum atomic E-state index is 12.7. The zero-order valence-electron chi connectivity index (χ0n) is 15.5. The Labute approximate surface area is 159 Å². The number of nitrogens with zero attached hydrogens (tertiary/aromatic N) is 2. The van der Waals surface area contributed by atoms with Gasteiger partial charge in [0, 0.05) is 12.1 Å². The lowest BCUT2D eigenvalue weighted by atomic mass is 10.2. The van der Waals surface area contributed by atoms with Crippen LogP contribution >= 0.6 is 23.4 Å². The Hall–Kier alpha value is -1.46. The molecule has 136 valence electrons. The first kappa shape index (κ1) is 19.9. The number of amidine groups is 1. The minimum Gasteiger partial charge on any atom is -0.489 e. The molecule has 0 atom stereocenters. The Balaban J connectivity index is 2.32. The van der Waals surface area contributed by atoms with Crippen LogP contribution in [0.3, 0.4) is 0 Å². The van der Waals surface area contributed by atoms with Gasteiger partial charge in [0.1, 0.15) is 5.75 Å². The van der Waals surface area contributed by atoms with Gasteiger partial charge in [-0.1, -0.05) is 17.7 Å². The van der Waals surface area contributed by atoms with E-state index in [1.54, 1.807) is 4.90 Å². The van der Waals surface area contributed by atoms with Gasteiger partial charge in [-0.2, -0.15) is 0 Å². The molecule has 2 rings (SSSR count). The van der Waals surface area contributed by atoms with Crippen LogP contribution in [0.25, 0.3) is 6.08 Å². The molecule has 4 nitrogen and oxygen atoms in total. The van der Waals surface area contributed by atoms with E-state index in [4.69, 9.17) is 16.3 Å². The van der Waals surface area contributed by atoms with Crippen LogP contribution < -0.4 is 4.74 Å². The van der Waals surface area contributed by atoms with Crippen molar-refractivity contribution >= 4 is 40.5 Å². The van der Waals surface area contributed by atoms with Crippen molar-refractivity contribution < 1.29 is 9.53 Å². The van der Waals surface area contributed by atoms with Crippen LogP contribution in [0.5, 0.6) is 5.75 Å². The second-order valence-corrected chi connectivity index (χ2v) is 8.16. The van der Waals surface area contributed by atoms with Gasteiger partial charge in [0.25, 0.3) is 5.91 Å². The first-order valence-electron chi connectivity index (χ1n) is 8.46. The molecule has 1 heterocycles. The van der Waals surface area contributed by atoms with E-state index in [0.717, 1.165) is 10.7 Å². The van der Waals surface area contributed by atoms with E-state index >= 15 is 0 Å². The van der Waals surface area contributed by atoms with Gasteiger partial charge in [0.15, 0.2) is 5.17 Å². The second-order valence-electron chi connectivity index (χ2n) is 6.74. The van der Waals surface area contributed by atoms with E-state index in [9.17, 15) is 4.79 Å². The van der Waals surface area contributed by atoms with Crippen LogP contribution in [0, 0.1) is 0 Å². The SMILES string of the molecule is CC(C)N=C1S/C(=C/c2ccc(OC(C)C)c(Cl)c2)C(=O)N1C(C)C. The van der Waals surface area contributed by atoms with Crippen molar-refractivity contribution in [3.63, 3.8) is 0 Å². The summed E-state index contributed by atoms with van der Waals surface area (Å²) < 4.78 is 5.65. The molecule has 6 heteroatoms. The molecule has 1 amide bonds. The number of rotatable bonds is 5. The largest absolute Gasteiger partial charge is 0.489 e. The average Bonchev–Trinajstić information content (AvgIpc) is 2.76. The predicted molar refractivity (Wildman–Crippen MR) is 107 cm³/mol. The van der Waals surface area contributed by atoms with Gasteiger partial charge in [0.05, 0.1) is 16.0 Å². The molecule has 1 fully saturated rings. The van der Waals surface area contributed by atoms with Crippen LogP contribution in [0.4, 0.5) is 0 Å². The fraction of sp³-hybridized carbons (Fsp3) is 0.474. The first-order valence-corrected chi connectivity index (χ1v) is 9.65. The third-order valence-electron chi connectivity index (χ3n) is 3.34. The lowest BCUT2D eigenvalue weighted by Gasteiger charge is -2.20. The quantitative estimate of drug-likeness (QED) is 0.658. The Bertz CT molecular complexity index is 711. The Morgan fingerprint density at radius 1 is 1.20 bits per heavy atom. The lowest BCUT2D eigenvalue weighted by Crippen LogP contribution is -2.35. The molecule has 0 bridgehead atoms. The molecule has 0 aromatic heterocycles. The van der Waals surface area contributed by atoms with Gasteiger partial charge < -0.3 is 4.74 Å². The fourth-order valence-electron chi connectivity index (χ4n) is 2.36. The number of aliphatic imine (C=N–C) groups is 1. The molecular formula is C19H25ClN2O2S. The molecule has 0 spiro atoms. The van der Waals surface area contributed by atoms with Crippen molar-refractivity contribution in [1.82, 2.24) is 4.90 Å². The highest BCUT2D eigenvalue weighted by Gasteiger charge is 2.35. The third-order valence-corrected chi connectivity index (χ3v) is 4.63. The van der Waals surface area contributed by atoms with Crippen molar-refractivity contribution in [2.24, 2.45) is 4.99 Å². The van der Waals surface area contributed by atoms with E-state index in [1.807, 2.05) is 65.8 Å². The van der Waals surface area contributed by atoms with Crippen LogP contribution in [0.15, 0.2) is 28.1 Å². The van der Waals surface area contributed by atoms with Gasteiger partial charge in [-0.3, -0.25) is 14.7 Å². The summed E-state index contributed by atoms with van der Waals surface area (Å²) in [7, 11) is 0. The molecule has 0 aliphatic carbocycles. The molecule has 1 aliphatic heterocycles. The average molecular weight is 381 g/mol. The molecule has 0 unspecified atom stereocenters. The highest BCUT2D eigenvalue weighted by molar-refractivity contribution is 8.18. The molecule has 25 heavy (non-hydrogen) atoms.